The number of rotatable bonds is 5. The van der Waals surface area contributed by atoms with E-state index in [1.165, 1.54) is 5.56 Å². The first-order chi connectivity index (χ1) is 10.0. The number of nitrogens with zero attached hydrogens (tertiary/aromatic N) is 3. The minimum absolute atomic E-state index is 0.462. The Morgan fingerprint density at radius 2 is 1.81 bits per heavy atom. The molecule has 0 unspecified atom stereocenters. The third-order valence-electron chi connectivity index (χ3n) is 3.29. The molecule has 2 rings (SSSR count). The number of nitrogens with one attached hydrogen (secondary N) is 1. The van der Waals surface area contributed by atoms with E-state index in [1.54, 1.807) is 12.3 Å². The summed E-state index contributed by atoms with van der Waals surface area (Å²) in [6.07, 6.45) is 3.57. The Kier molecular flexibility index (Phi) is 5.51. The highest BCUT2D eigenvalue weighted by molar-refractivity contribution is 6.35. The molecular formula is C15H18Cl2N4. The predicted octanol–water partition coefficient (Wildman–Crippen LogP) is 3.61. The largest absolute Gasteiger partial charge is 0.320 e. The molecule has 1 N–H and O–H groups in total. The first-order valence-electron chi connectivity index (χ1n) is 6.83. The Labute approximate surface area is 134 Å². The standard InChI is InChI=1S/C15H18Cl2N4/c1-9-12(5-4-6-18-3)10(2)21-15(20-9)14-13(17)7-11(16)8-19-14/h7-8,18H,4-6H2,1-3H3. The van der Waals surface area contributed by atoms with Gasteiger partial charge in [-0.05, 0) is 51.9 Å². The maximum atomic E-state index is 6.18. The van der Waals surface area contributed by atoms with Crippen molar-refractivity contribution in [1.82, 2.24) is 20.3 Å². The van der Waals surface area contributed by atoms with Crippen LogP contribution in [-0.2, 0) is 6.42 Å². The van der Waals surface area contributed by atoms with E-state index in [-0.39, 0.29) is 0 Å². The van der Waals surface area contributed by atoms with Crippen LogP contribution >= 0.6 is 23.2 Å². The molecular weight excluding hydrogens is 307 g/mol. The van der Waals surface area contributed by atoms with Crippen molar-refractivity contribution in [3.05, 3.63) is 39.3 Å². The minimum Gasteiger partial charge on any atom is -0.320 e. The van der Waals surface area contributed by atoms with Crippen molar-refractivity contribution in [1.29, 1.82) is 0 Å². The molecule has 0 aromatic carbocycles. The number of halogens is 2. The normalized spacial score (nSPS) is 10.9. The van der Waals surface area contributed by atoms with Crippen LogP contribution in [-0.4, -0.2) is 28.5 Å². The molecule has 0 amide bonds. The predicted molar refractivity (Wildman–Crippen MR) is 87.0 cm³/mol. The molecule has 0 saturated heterocycles. The van der Waals surface area contributed by atoms with Gasteiger partial charge in [-0.3, -0.25) is 0 Å². The van der Waals surface area contributed by atoms with Crippen molar-refractivity contribution in [2.24, 2.45) is 0 Å². The number of hydrogen-bond donors (Lipinski definition) is 1. The lowest BCUT2D eigenvalue weighted by Crippen LogP contribution is -2.10. The lowest BCUT2D eigenvalue weighted by molar-refractivity contribution is 0.715. The molecule has 0 aliphatic carbocycles. The fraction of sp³-hybridized carbons (Fsp3) is 0.400. The van der Waals surface area contributed by atoms with Gasteiger partial charge in [0.1, 0.15) is 5.69 Å². The Balaban J connectivity index is 2.35. The molecule has 112 valence electrons. The molecule has 2 aromatic heterocycles. The second-order valence-corrected chi connectivity index (χ2v) is 5.73. The number of pyridine rings is 1. The topological polar surface area (TPSA) is 50.7 Å². The summed E-state index contributed by atoms with van der Waals surface area (Å²) in [6.45, 7) is 4.97. The third kappa shape index (κ3) is 3.90. The fourth-order valence-corrected chi connectivity index (χ4v) is 2.69. The Bertz CT molecular complexity index is 621. The van der Waals surface area contributed by atoms with Crippen molar-refractivity contribution in [2.75, 3.05) is 13.6 Å². The zero-order valence-corrected chi connectivity index (χ0v) is 13.9. The van der Waals surface area contributed by atoms with Crippen molar-refractivity contribution < 1.29 is 0 Å². The lowest BCUT2D eigenvalue weighted by Gasteiger charge is -2.11. The van der Waals surface area contributed by atoms with Crippen LogP contribution in [0.3, 0.4) is 0 Å². The van der Waals surface area contributed by atoms with E-state index in [2.05, 4.69) is 20.3 Å². The van der Waals surface area contributed by atoms with Crippen LogP contribution < -0.4 is 5.32 Å². The van der Waals surface area contributed by atoms with E-state index in [9.17, 15) is 0 Å². The summed E-state index contributed by atoms with van der Waals surface area (Å²) in [4.78, 5) is 13.3. The molecule has 0 saturated carbocycles. The van der Waals surface area contributed by atoms with Crippen LogP contribution in [0.1, 0.15) is 23.4 Å². The van der Waals surface area contributed by atoms with Gasteiger partial charge in [-0.2, -0.15) is 0 Å². The molecule has 0 aliphatic rings. The summed E-state index contributed by atoms with van der Waals surface area (Å²) >= 11 is 12.0. The van der Waals surface area contributed by atoms with Crippen molar-refractivity contribution in [3.8, 4) is 11.5 Å². The van der Waals surface area contributed by atoms with Gasteiger partial charge in [0.25, 0.3) is 0 Å². The van der Waals surface area contributed by atoms with Gasteiger partial charge in [0.05, 0.1) is 10.0 Å². The minimum atomic E-state index is 0.462. The van der Waals surface area contributed by atoms with E-state index in [1.807, 2.05) is 20.9 Å². The Morgan fingerprint density at radius 3 is 2.38 bits per heavy atom. The van der Waals surface area contributed by atoms with Crippen LogP contribution in [0.25, 0.3) is 11.5 Å². The van der Waals surface area contributed by atoms with Crippen LogP contribution in [0, 0.1) is 13.8 Å². The summed E-state index contributed by atoms with van der Waals surface area (Å²) < 4.78 is 0. The van der Waals surface area contributed by atoms with E-state index in [4.69, 9.17) is 23.2 Å². The summed E-state index contributed by atoms with van der Waals surface area (Å²) in [6, 6.07) is 1.65. The zero-order chi connectivity index (χ0) is 15.4. The van der Waals surface area contributed by atoms with Crippen LogP contribution in [0.4, 0.5) is 0 Å². The summed E-state index contributed by atoms with van der Waals surface area (Å²) in [7, 11) is 1.95. The highest BCUT2D eigenvalue weighted by Crippen LogP contribution is 2.26. The highest BCUT2D eigenvalue weighted by atomic mass is 35.5. The molecule has 0 radical (unpaired) electrons. The van der Waals surface area contributed by atoms with Crippen LogP contribution in [0.2, 0.25) is 10.0 Å². The second kappa shape index (κ2) is 7.16. The summed E-state index contributed by atoms with van der Waals surface area (Å²) in [5.41, 5.74) is 3.70. The van der Waals surface area contributed by atoms with E-state index < -0.39 is 0 Å². The molecule has 4 nitrogen and oxygen atoms in total. The number of aryl methyl sites for hydroxylation is 2. The molecule has 2 aromatic rings. The average Bonchev–Trinajstić information content (AvgIpc) is 2.41. The SMILES string of the molecule is CNCCCc1c(C)nc(-c2ncc(Cl)cc2Cl)nc1C. The van der Waals surface area contributed by atoms with E-state index in [0.29, 0.717) is 21.6 Å². The number of aromatic nitrogens is 3. The van der Waals surface area contributed by atoms with Gasteiger partial charge >= 0.3 is 0 Å². The van der Waals surface area contributed by atoms with Gasteiger partial charge in [-0.25, -0.2) is 15.0 Å². The van der Waals surface area contributed by atoms with Crippen molar-refractivity contribution >= 4 is 23.2 Å². The second-order valence-electron chi connectivity index (χ2n) is 4.89. The Morgan fingerprint density at radius 1 is 1.14 bits per heavy atom. The molecule has 0 aliphatic heterocycles. The summed E-state index contributed by atoms with van der Waals surface area (Å²) in [5.74, 6) is 0.545. The first-order valence-corrected chi connectivity index (χ1v) is 7.58. The van der Waals surface area contributed by atoms with Gasteiger partial charge in [0.15, 0.2) is 5.82 Å². The van der Waals surface area contributed by atoms with Crippen molar-refractivity contribution in [3.63, 3.8) is 0 Å². The third-order valence-corrected chi connectivity index (χ3v) is 3.79. The van der Waals surface area contributed by atoms with Gasteiger partial charge in [-0.15, -0.1) is 0 Å². The van der Waals surface area contributed by atoms with Gasteiger partial charge in [0.2, 0.25) is 0 Å². The summed E-state index contributed by atoms with van der Waals surface area (Å²) in [5, 5.41) is 4.11. The molecule has 2 heterocycles. The Hall–Kier alpha value is -1.23. The maximum absolute atomic E-state index is 6.18. The maximum Gasteiger partial charge on any atom is 0.180 e. The molecule has 0 atom stereocenters. The molecule has 0 spiro atoms. The van der Waals surface area contributed by atoms with Crippen LogP contribution in [0.15, 0.2) is 12.3 Å². The monoisotopic (exact) mass is 324 g/mol. The molecule has 6 heteroatoms. The van der Waals surface area contributed by atoms with Gasteiger partial charge < -0.3 is 5.32 Å². The highest BCUT2D eigenvalue weighted by Gasteiger charge is 2.13. The first kappa shape index (κ1) is 16.1. The van der Waals surface area contributed by atoms with E-state index >= 15 is 0 Å². The fourth-order valence-electron chi connectivity index (χ4n) is 2.23. The smallest absolute Gasteiger partial charge is 0.180 e. The lowest BCUT2D eigenvalue weighted by atomic mass is 10.1. The average molecular weight is 325 g/mol. The molecule has 21 heavy (non-hydrogen) atoms. The quantitative estimate of drug-likeness (QED) is 0.853. The van der Waals surface area contributed by atoms with Crippen molar-refractivity contribution in [2.45, 2.75) is 26.7 Å². The zero-order valence-electron chi connectivity index (χ0n) is 12.4. The molecule has 0 fully saturated rings. The molecule has 0 bridgehead atoms. The van der Waals surface area contributed by atoms with Gasteiger partial charge in [0, 0.05) is 17.6 Å². The van der Waals surface area contributed by atoms with Crippen LogP contribution in [0.5, 0.6) is 0 Å². The number of hydrogen-bond acceptors (Lipinski definition) is 4. The van der Waals surface area contributed by atoms with E-state index in [0.717, 1.165) is 30.8 Å². The van der Waals surface area contributed by atoms with Gasteiger partial charge in [-0.1, -0.05) is 23.2 Å².